The summed E-state index contributed by atoms with van der Waals surface area (Å²) in [6.07, 6.45) is -0.734. The molecule has 0 bridgehead atoms. The van der Waals surface area contributed by atoms with Crippen LogP contribution in [0.15, 0.2) is 34.9 Å². The summed E-state index contributed by atoms with van der Waals surface area (Å²) in [7, 11) is 0. The van der Waals surface area contributed by atoms with Gasteiger partial charge in [-0.05, 0) is 38.1 Å². The second-order valence-corrected chi connectivity index (χ2v) is 4.03. The Bertz CT molecular complexity index is 566. The Balaban J connectivity index is 1.94. The molecule has 0 saturated heterocycles. The quantitative estimate of drug-likeness (QED) is 0.921. The number of nitrogens with one attached hydrogen (secondary N) is 1. The molecular formula is C13H13FN2O3. The third-order valence-corrected chi connectivity index (χ3v) is 2.37. The van der Waals surface area contributed by atoms with Gasteiger partial charge in [0.15, 0.2) is 11.9 Å². The van der Waals surface area contributed by atoms with E-state index in [0.29, 0.717) is 17.3 Å². The van der Waals surface area contributed by atoms with E-state index in [2.05, 4.69) is 10.5 Å². The van der Waals surface area contributed by atoms with E-state index in [1.807, 2.05) is 0 Å². The van der Waals surface area contributed by atoms with Gasteiger partial charge in [0.1, 0.15) is 17.3 Å². The maximum Gasteiger partial charge on any atom is 0.266 e. The van der Waals surface area contributed by atoms with E-state index < -0.39 is 6.10 Å². The fourth-order valence-electron chi connectivity index (χ4n) is 1.42. The van der Waals surface area contributed by atoms with Crippen molar-refractivity contribution in [3.05, 3.63) is 41.9 Å². The summed E-state index contributed by atoms with van der Waals surface area (Å²) in [6, 6.07) is 7.04. The van der Waals surface area contributed by atoms with Crippen molar-refractivity contribution in [2.24, 2.45) is 0 Å². The first-order valence-electron chi connectivity index (χ1n) is 5.71. The molecule has 6 heteroatoms. The summed E-state index contributed by atoms with van der Waals surface area (Å²) in [4.78, 5) is 11.8. The highest BCUT2D eigenvalue weighted by Crippen LogP contribution is 2.14. The first-order valence-corrected chi connectivity index (χ1v) is 5.71. The lowest BCUT2D eigenvalue weighted by Gasteiger charge is -2.13. The molecular weight excluding hydrogens is 251 g/mol. The van der Waals surface area contributed by atoms with Crippen LogP contribution in [0.5, 0.6) is 5.75 Å². The predicted octanol–water partition coefficient (Wildman–Crippen LogP) is 2.53. The summed E-state index contributed by atoms with van der Waals surface area (Å²) in [5.41, 5.74) is 0. The lowest BCUT2D eigenvalue weighted by Crippen LogP contribution is -2.30. The molecule has 0 radical (unpaired) electrons. The fourth-order valence-corrected chi connectivity index (χ4v) is 1.42. The van der Waals surface area contributed by atoms with Gasteiger partial charge in [0.05, 0.1) is 0 Å². The maximum absolute atomic E-state index is 12.7. The van der Waals surface area contributed by atoms with Gasteiger partial charge in [0, 0.05) is 6.07 Å². The Labute approximate surface area is 109 Å². The van der Waals surface area contributed by atoms with E-state index in [4.69, 9.17) is 9.26 Å². The number of rotatable bonds is 4. The minimum absolute atomic E-state index is 0.331. The number of ether oxygens (including phenoxy) is 1. The van der Waals surface area contributed by atoms with Crippen molar-refractivity contribution in [1.82, 2.24) is 5.16 Å². The van der Waals surface area contributed by atoms with Crippen LogP contribution in [0.3, 0.4) is 0 Å². The number of benzene rings is 1. The van der Waals surface area contributed by atoms with Crippen molar-refractivity contribution in [1.29, 1.82) is 0 Å². The number of hydrogen-bond donors (Lipinski definition) is 1. The Morgan fingerprint density at radius 2 is 2.11 bits per heavy atom. The van der Waals surface area contributed by atoms with Crippen molar-refractivity contribution in [2.45, 2.75) is 20.0 Å². The number of aryl methyl sites for hydroxylation is 1. The van der Waals surface area contributed by atoms with Gasteiger partial charge in [-0.1, -0.05) is 5.16 Å². The SMILES string of the molecule is Cc1cc(NC(=O)C(C)Oc2ccc(F)cc2)no1. The van der Waals surface area contributed by atoms with Gasteiger partial charge in [-0.2, -0.15) is 0 Å². The Morgan fingerprint density at radius 1 is 1.42 bits per heavy atom. The van der Waals surface area contributed by atoms with E-state index in [1.165, 1.54) is 24.3 Å². The molecule has 1 heterocycles. The van der Waals surface area contributed by atoms with Crippen molar-refractivity contribution < 1.29 is 18.4 Å². The summed E-state index contributed by atoms with van der Waals surface area (Å²) in [5, 5.41) is 6.20. The van der Waals surface area contributed by atoms with E-state index in [1.54, 1.807) is 19.9 Å². The van der Waals surface area contributed by atoms with Crippen LogP contribution in [0.1, 0.15) is 12.7 Å². The monoisotopic (exact) mass is 264 g/mol. The molecule has 1 N–H and O–H groups in total. The van der Waals surface area contributed by atoms with E-state index in [-0.39, 0.29) is 11.7 Å². The predicted molar refractivity (Wildman–Crippen MR) is 66.4 cm³/mol. The highest BCUT2D eigenvalue weighted by Gasteiger charge is 2.16. The van der Waals surface area contributed by atoms with Gasteiger partial charge in [0.2, 0.25) is 0 Å². The molecule has 1 aromatic carbocycles. The molecule has 0 aliphatic heterocycles. The van der Waals surface area contributed by atoms with Gasteiger partial charge < -0.3 is 14.6 Å². The molecule has 5 nitrogen and oxygen atoms in total. The molecule has 100 valence electrons. The smallest absolute Gasteiger partial charge is 0.266 e. The molecule has 0 aliphatic carbocycles. The van der Waals surface area contributed by atoms with Crippen LogP contribution < -0.4 is 10.1 Å². The molecule has 1 unspecified atom stereocenters. The lowest BCUT2D eigenvalue weighted by molar-refractivity contribution is -0.122. The van der Waals surface area contributed by atoms with Crippen molar-refractivity contribution in [3.8, 4) is 5.75 Å². The van der Waals surface area contributed by atoms with Crippen LogP contribution in [0.4, 0.5) is 10.2 Å². The zero-order valence-corrected chi connectivity index (χ0v) is 10.5. The Hall–Kier alpha value is -2.37. The first kappa shape index (κ1) is 13.1. The van der Waals surface area contributed by atoms with E-state index in [9.17, 15) is 9.18 Å². The molecule has 0 fully saturated rings. The third kappa shape index (κ3) is 3.54. The zero-order chi connectivity index (χ0) is 13.8. The summed E-state index contributed by atoms with van der Waals surface area (Å²) in [5.74, 6) is 0.625. The molecule has 0 spiro atoms. The Kier molecular flexibility index (Phi) is 3.79. The summed E-state index contributed by atoms with van der Waals surface area (Å²) in [6.45, 7) is 3.31. The second kappa shape index (κ2) is 5.51. The number of anilines is 1. The molecule has 1 amide bonds. The number of aromatic nitrogens is 1. The molecule has 19 heavy (non-hydrogen) atoms. The van der Waals surface area contributed by atoms with Crippen molar-refractivity contribution >= 4 is 11.7 Å². The average molecular weight is 264 g/mol. The van der Waals surface area contributed by atoms with Crippen molar-refractivity contribution in [3.63, 3.8) is 0 Å². The highest BCUT2D eigenvalue weighted by molar-refractivity contribution is 5.93. The average Bonchev–Trinajstić information content (AvgIpc) is 2.77. The summed E-state index contributed by atoms with van der Waals surface area (Å²) < 4.78 is 22.9. The number of amides is 1. The van der Waals surface area contributed by atoms with Gasteiger partial charge in [-0.15, -0.1) is 0 Å². The van der Waals surface area contributed by atoms with Crippen LogP contribution in [0, 0.1) is 12.7 Å². The number of halogens is 1. The van der Waals surface area contributed by atoms with Gasteiger partial charge in [-0.3, -0.25) is 4.79 Å². The molecule has 2 aromatic rings. The van der Waals surface area contributed by atoms with Crippen LogP contribution in [-0.4, -0.2) is 17.2 Å². The third-order valence-electron chi connectivity index (χ3n) is 2.37. The van der Waals surface area contributed by atoms with Gasteiger partial charge in [0.25, 0.3) is 5.91 Å². The van der Waals surface area contributed by atoms with Crippen LogP contribution in [-0.2, 0) is 4.79 Å². The Morgan fingerprint density at radius 3 is 2.68 bits per heavy atom. The van der Waals surface area contributed by atoms with Gasteiger partial charge in [-0.25, -0.2) is 4.39 Å². The molecule has 1 atom stereocenters. The topological polar surface area (TPSA) is 64.4 Å². The van der Waals surface area contributed by atoms with Crippen LogP contribution in [0.2, 0.25) is 0 Å². The maximum atomic E-state index is 12.7. The van der Waals surface area contributed by atoms with Crippen molar-refractivity contribution in [2.75, 3.05) is 5.32 Å². The van der Waals surface area contributed by atoms with E-state index >= 15 is 0 Å². The second-order valence-electron chi connectivity index (χ2n) is 4.03. The number of carbonyl (C=O) groups excluding carboxylic acids is 1. The number of nitrogens with zero attached hydrogens (tertiary/aromatic N) is 1. The molecule has 0 saturated carbocycles. The minimum Gasteiger partial charge on any atom is -0.481 e. The van der Waals surface area contributed by atoms with Crippen LogP contribution >= 0.6 is 0 Å². The molecule has 1 aromatic heterocycles. The normalized spacial score (nSPS) is 11.9. The molecule has 2 rings (SSSR count). The molecule has 0 aliphatic rings. The largest absolute Gasteiger partial charge is 0.481 e. The number of carbonyl (C=O) groups is 1. The zero-order valence-electron chi connectivity index (χ0n) is 10.5. The van der Waals surface area contributed by atoms with Crippen LogP contribution in [0.25, 0.3) is 0 Å². The highest BCUT2D eigenvalue weighted by atomic mass is 19.1. The summed E-state index contributed by atoms with van der Waals surface area (Å²) >= 11 is 0. The number of hydrogen-bond acceptors (Lipinski definition) is 4. The minimum atomic E-state index is -0.734. The standard InChI is InChI=1S/C13H13FN2O3/c1-8-7-12(16-19-8)15-13(17)9(2)18-11-5-3-10(14)4-6-11/h3-7,9H,1-2H3,(H,15,16,17). The first-order chi connectivity index (χ1) is 9.04. The lowest BCUT2D eigenvalue weighted by atomic mass is 10.3. The van der Waals surface area contributed by atoms with Gasteiger partial charge >= 0.3 is 0 Å². The fraction of sp³-hybridized carbons (Fsp3) is 0.231. The van der Waals surface area contributed by atoms with E-state index in [0.717, 1.165) is 0 Å².